The molecule has 3 fully saturated rings. The Kier molecular flexibility index (Phi) is 6.70. The highest BCUT2D eigenvalue weighted by Gasteiger charge is 2.50. The molecule has 3 aromatic heterocycles. The molecule has 0 radical (unpaired) electrons. The van der Waals surface area contributed by atoms with E-state index in [1.807, 2.05) is 5.32 Å². The minimum absolute atomic E-state index is 0.0259. The van der Waals surface area contributed by atoms with Gasteiger partial charge >= 0.3 is 6.18 Å². The van der Waals surface area contributed by atoms with Gasteiger partial charge in [0.2, 0.25) is 11.8 Å². The standard InChI is InChI=1S/C25H26F5N7O4/c26-24(27)5-3-12(4-6-24)18(34-23(40)20-19(11-1-2-11)35-41-36-20)15-10-37-17(32-15)7-13(9-31-37)21(38)14-8-16(25(28,29)30)33-22(14)39/h7,9-12,14,16,18,21,38H,1-6,8H2,(H,33,39)(H,34,40)/t14-,16-,18-,21-/m0/s1. The van der Waals surface area contributed by atoms with Gasteiger partial charge in [0.1, 0.15) is 11.7 Å². The van der Waals surface area contributed by atoms with Gasteiger partial charge in [0.05, 0.1) is 36.2 Å². The number of fused-ring (bicyclic) bond motifs is 1. The van der Waals surface area contributed by atoms with Crippen LogP contribution in [0.4, 0.5) is 22.0 Å². The fraction of sp³-hybridized carbons (Fsp3) is 0.600. The van der Waals surface area contributed by atoms with E-state index in [2.05, 4.69) is 25.7 Å². The molecule has 1 aliphatic heterocycles. The van der Waals surface area contributed by atoms with Crippen molar-refractivity contribution < 1.29 is 41.3 Å². The Balaban J connectivity index is 1.27. The molecule has 1 saturated heterocycles. The minimum Gasteiger partial charge on any atom is -0.388 e. The van der Waals surface area contributed by atoms with Gasteiger partial charge < -0.3 is 15.7 Å². The Morgan fingerprint density at radius 1 is 1.20 bits per heavy atom. The summed E-state index contributed by atoms with van der Waals surface area (Å²) in [6, 6.07) is -1.47. The highest BCUT2D eigenvalue weighted by atomic mass is 19.4. The summed E-state index contributed by atoms with van der Waals surface area (Å²) < 4.78 is 73.3. The van der Waals surface area contributed by atoms with E-state index in [4.69, 9.17) is 4.63 Å². The summed E-state index contributed by atoms with van der Waals surface area (Å²) in [4.78, 5) is 29.9. The number of rotatable bonds is 7. The van der Waals surface area contributed by atoms with E-state index >= 15 is 0 Å². The van der Waals surface area contributed by atoms with Gasteiger partial charge in [0.25, 0.3) is 5.91 Å². The molecule has 6 rings (SSSR count). The molecule has 3 aliphatic rings. The molecule has 2 aliphatic carbocycles. The quantitative estimate of drug-likeness (QED) is 0.359. The number of carbonyl (C=O) groups excluding carboxylic acids is 2. The highest BCUT2D eigenvalue weighted by molar-refractivity contribution is 5.93. The molecule has 0 bridgehead atoms. The summed E-state index contributed by atoms with van der Waals surface area (Å²) >= 11 is 0. The second kappa shape index (κ2) is 9.99. The molecule has 4 atom stereocenters. The maximum absolute atomic E-state index is 13.9. The number of carbonyl (C=O) groups is 2. The third-order valence-electron chi connectivity index (χ3n) is 8.15. The maximum atomic E-state index is 13.9. The van der Waals surface area contributed by atoms with Crippen molar-refractivity contribution in [3.63, 3.8) is 0 Å². The molecule has 0 aromatic carbocycles. The molecular weight excluding hydrogens is 557 g/mol. The Bertz CT molecular complexity index is 1460. The van der Waals surface area contributed by atoms with Crippen LogP contribution >= 0.6 is 0 Å². The normalized spacial score (nSPS) is 24.8. The largest absolute Gasteiger partial charge is 0.408 e. The van der Waals surface area contributed by atoms with E-state index in [1.54, 1.807) is 0 Å². The Morgan fingerprint density at radius 2 is 1.93 bits per heavy atom. The van der Waals surface area contributed by atoms with Crippen molar-refractivity contribution in [2.45, 2.75) is 81.2 Å². The molecule has 2 amide bonds. The molecular formula is C25H26F5N7O4. The highest BCUT2D eigenvalue weighted by Crippen LogP contribution is 2.43. The van der Waals surface area contributed by atoms with Gasteiger partial charge in [-0.2, -0.15) is 18.3 Å². The monoisotopic (exact) mass is 583 g/mol. The smallest absolute Gasteiger partial charge is 0.388 e. The zero-order valence-electron chi connectivity index (χ0n) is 21.4. The molecule has 0 unspecified atom stereocenters. The van der Waals surface area contributed by atoms with Gasteiger partial charge in [0.15, 0.2) is 11.3 Å². The lowest BCUT2D eigenvalue weighted by Crippen LogP contribution is -2.38. The summed E-state index contributed by atoms with van der Waals surface area (Å²) in [6.45, 7) is 0. The van der Waals surface area contributed by atoms with Crippen LogP contribution in [0.25, 0.3) is 5.65 Å². The van der Waals surface area contributed by atoms with Crippen LogP contribution in [0.5, 0.6) is 0 Å². The van der Waals surface area contributed by atoms with Gasteiger partial charge in [-0.3, -0.25) is 9.59 Å². The van der Waals surface area contributed by atoms with E-state index in [1.165, 1.54) is 23.0 Å². The van der Waals surface area contributed by atoms with Gasteiger partial charge in [-0.1, -0.05) is 5.16 Å². The zero-order chi connectivity index (χ0) is 29.1. The summed E-state index contributed by atoms with van der Waals surface area (Å²) in [7, 11) is 0. The number of amides is 2. The van der Waals surface area contributed by atoms with Crippen LogP contribution in [-0.2, 0) is 4.79 Å². The fourth-order valence-corrected chi connectivity index (χ4v) is 5.66. The first-order valence-corrected chi connectivity index (χ1v) is 13.3. The van der Waals surface area contributed by atoms with E-state index in [0.29, 0.717) is 11.4 Å². The first kappa shape index (κ1) is 27.5. The van der Waals surface area contributed by atoms with Crippen molar-refractivity contribution in [1.29, 1.82) is 0 Å². The van der Waals surface area contributed by atoms with Crippen molar-refractivity contribution in [1.82, 2.24) is 35.5 Å². The second-order valence-electron chi connectivity index (χ2n) is 11.1. The van der Waals surface area contributed by atoms with Gasteiger partial charge in [0, 0.05) is 24.3 Å². The molecule has 4 heterocycles. The van der Waals surface area contributed by atoms with Crippen molar-refractivity contribution in [2.24, 2.45) is 11.8 Å². The Hall–Kier alpha value is -3.69. The molecule has 2 saturated carbocycles. The van der Waals surface area contributed by atoms with Crippen LogP contribution in [-0.4, -0.2) is 60.0 Å². The van der Waals surface area contributed by atoms with Crippen LogP contribution in [0.3, 0.4) is 0 Å². The number of imidazole rings is 1. The average Bonchev–Trinajstić information content (AvgIpc) is 3.31. The molecule has 3 N–H and O–H groups in total. The van der Waals surface area contributed by atoms with E-state index in [0.717, 1.165) is 12.8 Å². The zero-order valence-corrected chi connectivity index (χ0v) is 21.4. The number of aromatic nitrogens is 5. The van der Waals surface area contributed by atoms with Crippen LogP contribution in [0, 0.1) is 11.8 Å². The first-order valence-electron chi connectivity index (χ1n) is 13.3. The predicted octanol–water partition coefficient (Wildman–Crippen LogP) is 3.39. The minimum atomic E-state index is -4.64. The Labute approximate surface area is 228 Å². The van der Waals surface area contributed by atoms with Crippen molar-refractivity contribution in [2.75, 3.05) is 0 Å². The number of hydrogen-bond donors (Lipinski definition) is 3. The average molecular weight is 584 g/mol. The predicted molar refractivity (Wildman–Crippen MR) is 127 cm³/mol. The topological polar surface area (TPSA) is 148 Å². The molecule has 41 heavy (non-hydrogen) atoms. The number of halogens is 5. The summed E-state index contributed by atoms with van der Waals surface area (Å²) in [6.07, 6.45) is -2.90. The van der Waals surface area contributed by atoms with Gasteiger partial charge in [-0.15, -0.1) is 0 Å². The SMILES string of the molecule is O=C(N[C@H](c1cn2ncc([C@H](O)[C@@H]3C[C@@H](C(F)(F)F)NC3=O)cc2n1)C1CCC(F)(F)CC1)c1nonc1C1CC1. The van der Waals surface area contributed by atoms with E-state index < -0.39 is 54.4 Å². The number of alkyl halides is 5. The second-order valence-corrected chi connectivity index (χ2v) is 11.1. The van der Waals surface area contributed by atoms with Crippen LogP contribution < -0.4 is 10.6 Å². The summed E-state index contributed by atoms with van der Waals surface area (Å²) in [5.41, 5.74) is 1.05. The number of aliphatic hydroxyl groups is 1. The maximum Gasteiger partial charge on any atom is 0.408 e. The number of hydrogen-bond acceptors (Lipinski definition) is 8. The van der Waals surface area contributed by atoms with Crippen LogP contribution in [0.2, 0.25) is 0 Å². The Morgan fingerprint density at radius 3 is 2.59 bits per heavy atom. The van der Waals surface area contributed by atoms with Gasteiger partial charge in [-0.05, 0) is 49.2 Å². The summed E-state index contributed by atoms with van der Waals surface area (Å²) in [5, 5.41) is 27.2. The number of nitrogens with zero attached hydrogens (tertiary/aromatic N) is 5. The van der Waals surface area contributed by atoms with Crippen molar-refractivity contribution >= 4 is 17.5 Å². The number of nitrogens with one attached hydrogen (secondary N) is 2. The molecule has 0 spiro atoms. The lowest BCUT2D eigenvalue weighted by Gasteiger charge is -2.33. The van der Waals surface area contributed by atoms with E-state index in [-0.39, 0.29) is 54.4 Å². The fourth-order valence-electron chi connectivity index (χ4n) is 5.66. The molecule has 3 aromatic rings. The lowest BCUT2D eigenvalue weighted by atomic mass is 9.81. The van der Waals surface area contributed by atoms with Crippen molar-refractivity contribution in [3.05, 3.63) is 41.1 Å². The molecule has 11 nitrogen and oxygen atoms in total. The van der Waals surface area contributed by atoms with Crippen LogP contribution in [0.15, 0.2) is 23.1 Å². The summed E-state index contributed by atoms with van der Waals surface area (Å²) in [5.74, 6) is -5.96. The molecule has 220 valence electrons. The third kappa shape index (κ3) is 5.48. The van der Waals surface area contributed by atoms with Crippen LogP contribution in [0.1, 0.15) is 90.4 Å². The van der Waals surface area contributed by atoms with Gasteiger partial charge in [-0.25, -0.2) is 22.9 Å². The molecule has 16 heteroatoms. The lowest BCUT2D eigenvalue weighted by molar-refractivity contribution is -0.155. The number of aliphatic hydroxyl groups excluding tert-OH is 1. The first-order chi connectivity index (χ1) is 19.4. The van der Waals surface area contributed by atoms with Crippen molar-refractivity contribution in [3.8, 4) is 0 Å². The third-order valence-corrected chi connectivity index (χ3v) is 8.15. The van der Waals surface area contributed by atoms with E-state index in [9.17, 15) is 36.6 Å².